The van der Waals surface area contributed by atoms with Gasteiger partial charge in [0.1, 0.15) is 11.5 Å². The topological polar surface area (TPSA) is 123 Å². The Morgan fingerprint density at radius 1 is 1.32 bits per heavy atom. The van der Waals surface area contributed by atoms with Gasteiger partial charge in [-0.15, -0.1) is 5.10 Å². The Balaban J connectivity index is 1.76. The predicted octanol–water partition coefficient (Wildman–Crippen LogP) is 0.791. The van der Waals surface area contributed by atoms with Crippen molar-refractivity contribution >= 4 is 11.7 Å². The number of hydrogen-bond acceptors (Lipinski definition) is 7. The highest BCUT2D eigenvalue weighted by Crippen LogP contribution is 2.27. The van der Waals surface area contributed by atoms with Crippen LogP contribution in [0.15, 0.2) is 30.5 Å². The minimum absolute atomic E-state index is 0.00519. The number of aliphatic hydroxyl groups excluding tert-OH is 1. The van der Waals surface area contributed by atoms with Gasteiger partial charge >= 0.3 is 0 Å². The van der Waals surface area contributed by atoms with E-state index in [4.69, 9.17) is 5.73 Å². The van der Waals surface area contributed by atoms with Crippen molar-refractivity contribution in [3.63, 3.8) is 0 Å². The summed E-state index contributed by atoms with van der Waals surface area (Å²) in [7, 11) is 0. The van der Waals surface area contributed by atoms with E-state index in [1.54, 1.807) is 0 Å². The molecule has 0 saturated carbocycles. The molecule has 1 atom stereocenters. The van der Waals surface area contributed by atoms with Crippen LogP contribution in [0.4, 0.5) is 14.6 Å². The lowest BCUT2D eigenvalue weighted by molar-refractivity contribution is 0.0764. The molecule has 1 amide bonds. The number of nitrogens with two attached hydrogens (primary N) is 1. The van der Waals surface area contributed by atoms with E-state index in [0.717, 1.165) is 10.7 Å². The summed E-state index contributed by atoms with van der Waals surface area (Å²) in [6, 6.07) is 5.04. The molecule has 3 heterocycles. The van der Waals surface area contributed by atoms with E-state index in [9.17, 15) is 18.7 Å². The molecule has 3 N–H and O–H groups in total. The molecular weight excluding hydrogens is 372 g/mol. The van der Waals surface area contributed by atoms with E-state index >= 15 is 0 Å². The number of likely N-dealkylation sites (tertiary alicyclic amines) is 1. The normalized spacial score (nSPS) is 16.5. The highest BCUT2D eigenvalue weighted by molar-refractivity contribution is 5.96. The summed E-state index contributed by atoms with van der Waals surface area (Å²) in [5, 5.41) is 20.7. The Kier molecular flexibility index (Phi) is 4.43. The first-order valence-corrected chi connectivity index (χ1v) is 8.41. The second kappa shape index (κ2) is 6.93. The number of carbonyl (C=O) groups is 1. The first kappa shape index (κ1) is 17.9. The van der Waals surface area contributed by atoms with Crippen LogP contribution in [0.25, 0.3) is 17.1 Å². The summed E-state index contributed by atoms with van der Waals surface area (Å²) in [6.07, 6.45) is 1.24. The Labute approximate surface area is 157 Å². The Morgan fingerprint density at radius 2 is 2.14 bits per heavy atom. The van der Waals surface area contributed by atoms with Gasteiger partial charge in [-0.1, -0.05) is 6.07 Å². The molecule has 3 aromatic rings. The van der Waals surface area contributed by atoms with Crippen molar-refractivity contribution < 1.29 is 18.7 Å². The van der Waals surface area contributed by atoms with Crippen LogP contribution in [0.3, 0.4) is 0 Å². The average molecular weight is 387 g/mol. The highest BCUT2D eigenvalue weighted by Gasteiger charge is 2.27. The van der Waals surface area contributed by atoms with E-state index in [-0.39, 0.29) is 40.9 Å². The van der Waals surface area contributed by atoms with Crippen molar-refractivity contribution in [3.8, 4) is 17.1 Å². The third-order valence-electron chi connectivity index (χ3n) is 4.49. The molecule has 0 radical (unpaired) electrons. The van der Waals surface area contributed by atoms with Gasteiger partial charge in [-0.2, -0.15) is 4.68 Å². The van der Waals surface area contributed by atoms with Gasteiger partial charge in [0.25, 0.3) is 5.91 Å². The van der Waals surface area contributed by atoms with Crippen LogP contribution in [0.5, 0.6) is 0 Å². The summed E-state index contributed by atoms with van der Waals surface area (Å²) < 4.78 is 28.8. The van der Waals surface area contributed by atoms with Crippen LogP contribution in [-0.2, 0) is 0 Å². The molecule has 0 bridgehead atoms. The summed E-state index contributed by atoms with van der Waals surface area (Å²) in [5.41, 5.74) is 6.12. The molecule has 1 unspecified atom stereocenters. The summed E-state index contributed by atoms with van der Waals surface area (Å²) in [5.74, 6) is -2.49. The monoisotopic (exact) mass is 387 g/mol. The number of hydrogen-bond donors (Lipinski definition) is 2. The number of rotatable bonds is 3. The fourth-order valence-corrected chi connectivity index (χ4v) is 3.05. The van der Waals surface area contributed by atoms with Gasteiger partial charge in [-0.05, 0) is 35.0 Å². The third-order valence-corrected chi connectivity index (χ3v) is 4.49. The third kappa shape index (κ3) is 3.05. The van der Waals surface area contributed by atoms with Crippen LogP contribution in [0.1, 0.15) is 16.8 Å². The van der Waals surface area contributed by atoms with E-state index < -0.39 is 17.7 Å². The molecule has 1 aliphatic rings. The number of amides is 1. The van der Waals surface area contributed by atoms with Crippen LogP contribution in [0.2, 0.25) is 0 Å². The number of tetrazole rings is 1. The number of benzene rings is 1. The number of halogens is 2. The van der Waals surface area contributed by atoms with E-state index in [0.29, 0.717) is 13.0 Å². The highest BCUT2D eigenvalue weighted by atomic mass is 19.2. The maximum Gasteiger partial charge on any atom is 0.255 e. The second-order valence-electron chi connectivity index (χ2n) is 6.34. The van der Waals surface area contributed by atoms with Crippen molar-refractivity contribution in [1.82, 2.24) is 30.1 Å². The molecule has 1 aliphatic heterocycles. The predicted molar refractivity (Wildman–Crippen MR) is 93.2 cm³/mol. The second-order valence-corrected chi connectivity index (χ2v) is 6.34. The average Bonchev–Trinajstić information content (AvgIpc) is 3.33. The first-order valence-electron chi connectivity index (χ1n) is 8.41. The Morgan fingerprint density at radius 3 is 2.89 bits per heavy atom. The zero-order valence-electron chi connectivity index (χ0n) is 14.5. The Hall–Kier alpha value is -3.47. The lowest BCUT2D eigenvalue weighted by atomic mass is 10.1. The summed E-state index contributed by atoms with van der Waals surface area (Å²) in [4.78, 5) is 18.2. The number of nitrogens with zero attached hydrogens (tertiary/aromatic N) is 6. The van der Waals surface area contributed by atoms with Crippen LogP contribution >= 0.6 is 0 Å². The van der Waals surface area contributed by atoms with Crippen molar-refractivity contribution in [2.24, 2.45) is 0 Å². The summed E-state index contributed by atoms with van der Waals surface area (Å²) >= 11 is 0. The number of β-amino-alcohol motifs (C(OH)–C–C–N with tert-alkyl or cyclic N) is 1. The maximum absolute atomic E-state index is 14.2. The van der Waals surface area contributed by atoms with E-state index in [1.807, 2.05) is 0 Å². The smallest absolute Gasteiger partial charge is 0.255 e. The molecule has 1 aromatic carbocycles. The number of anilines is 1. The van der Waals surface area contributed by atoms with Crippen LogP contribution in [-0.4, -0.2) is 60.3 Å². The molecule has 1 fully saturated rings. The molecule has 0 aliphatic carbocycles. The fraction of sp³-hybridized carbons (Fsp3) is 0.235. The first-order chi connectivity index (χ1) is 13.5. The standard InChI is InChI=1S/C17H15F2N7O2/c18-12-2-1-3-13(14(12)19)26-16(22-23-24-26)11-6-9(7-21-15(11)20)17(28)25-5-4-10(27)8-25/h1-3,6-7,10,27H,4-5,8H2,(H2,20,21). The number of aliphatic hydroxyl groups is 1. The minimum Gasteiger partial charge on any atom is -0.391 e. The van der Waals surface area contributed by atoms with Crippen molar-refractivity contribution in [2.45, 2.75) is 12.5 Å². The Bertz CT molecular complexity index is 1060. The molecular formula is C17H15F2N7O2. The van der Waals surface area contributed by atoms with Gasteiger partial charge in [0, 0.05) is 19.3 Å². The van der Waals surface area contributed by atoms with Gasteiger partial charge in [0.2, 0.25) is 0 Å². The SMILES string of the molecule is Nc1ncc(C(=O)N2CCC(O)C2)cc1-c1nnnn1-c1cccc(F)c1F. The molecule has 0 spiro atoms. The molecule has 1 saturated heterocycles. The quantitative estimate of drug-likeness (QED) is 0.681. The van der Waals surface area contributed by atoms with Gasteiger partial charge in [0.05, 0.1) is 17.2 Å². The summed E-state index contributed by atoms with van der Waals surface area (Å²) in [6.45, 7) is 0.650. The maximum atomic E-state index is 14.2. The fourth-order valence-electron chi connectivity index (χ4n) is 3.05. The largest absolute Gasteiger partial charge is 0.391 e. The van der Waals surface area contributed by atoms with Crippen molar-refractivity contribution in [2.75, 3.05) is 18.8 Å². The van der Waals surface area contributed by atoms with Gasteiger partial charge in [-0.25, -0.2) is 13.8 Å². The van der Waals surface area contributed by atoms with Crippen LogP contribution in [0, 0.1) is 11.6 Å². The van der Waals surface area contributed by atoms with Crippen LogP contribution < -0.4 is 5.73 Å². The number of carbonyl (C=O) groups excluding carboxylic acids is 1. The van der Waals surface area contributed by atoms with Gasteiger partial charge < -0.3 is 15.7 Å². The molecule has 9 nitrogen and oxygen atoms in total. The molecule has 144 valence electrons. The zero-order valence-corrected chi connectivity index (χ0v) is 14.5. The zero-order chi connectivity index (χ0) is 19.8. The van der Waals surface area contributed by atoms with Crippen molar-refractivity contribution in [3.05, 3.63) is 47.7 Å². The lowest BCUT2D eigenvalue weighted by Gasteiger charge is -2.16. The number of aromatic nitrogens is 5. The number of nitrogen functional groups attached to an aromatic ring is 1. The van der Waals surface area contributed by atoms with Crippen molar-refractivity contribution in [1.29, 1.82) is 0 Å². The van der Waals surface area contributed by atoms with E-state index in [1.165, 1.54) is 29.3 Å². The van der Waals surface area contributed by atoms with Gasteiger partial charge in [0.15, 0.2) is 17.5 Å². The molecule has 28 heavy (non-hydrogen) atoms. The molecule has 4 rings (SSSR count). The van der Waals surface area contributed by atoms with E-state index in [2.05, 4.69) is 20.5 Å². The van der Waals surface area contributed by atoms with Gasteiger partial charge in [-0.3, -0.25) is 4.79 Å². The minimum atomic E-state index is -1.12. The molecule has 11 heteroatoms. The molecule has 2 aromatic heterocycles. The number of pyridine rings is 1. The lowest BCUT2D eigenvalue weighted by Crippen LogP contribution is -2.29.